The van der Waals surface area contributed by atoms with Crippen LogP contribution in [-0.4, -0.2) is 25.2 Å². The highest BCUT2D eigenvalue weighted by molar-refractivity contribution is 7.89. The number of carbonyl (C=O) groups is 1. The summed E-state index contributed by atoms with van der Waals surface area (Å²) in [7, 11) is -3.87. The molecule has 0 aliphatic rings. The molecule has 0 spiro atoms. The van der Waals surface area contributed by atoms with E-state index in [0.717, 1.165) is 5.56 Å². The van der Waals surface area contributed by atoms with Crippen LogP contribution < -0.4 is 0 Å². The fraction of sp³-hybridized carbons (Fsp3) is 0.240. The Morgan fingerprint density at radius 2 is 1.78 bits per heavy atom. The van der Waals surface area contributed by atoms with Crippen LogP contribution in [0, 0.1) is 19.3 Å². The van der Waals surface area contributed by atoms with Gasteiger partial charge in [0.2, 0.25) is 10.0 Å². The van der Waals surface area contributed by atoms with Crippen molar-refractivity contribution in [3.05, 3.63) is 89.9 Å². The Kier molecular flexibility index (Phi) is 7.18. The third-order valence-corrected chi connectivity index (χ3v) is 6.93. The lowest BCUT2D eigenvalue weighted by atomic mass is 9.90. The molecule has 32 heavy (non-hydrogen) atoms. The number of nitrogens with zero attached hydrogens (tertiary/aromatic N) is 1. The summed E-state index contributed by atoms with van der Waals surface area (Å²) in [4.78, 5) is 12.0. The quantitative estimate of drug-likeness (QED) is 0.359. The van der Waals surface area contributed by atoms with E-state index in [2.05, 4.69) is 5.92 Å². The minimum Gasteiger partial charge on any atom is -0.468 e. The number of sulfonamides is 1. The van der Waals surface area contributed by atoms with Crippen molar-refractivity contribution >= 4 is 16.0 Å². The predicted molar refractivity (Wildman–Crippen MR) is 121 cm³/mol. The van der Waals surface area contributed by atoms with Crippen molar-refractivity contribution in [3.63, 3.8) is 0 Å². The summed E-state index contributed by atoms with van der Waals surface area (Å²) in [6.07, 6.45) is 7.39. The number of terminal acetylenes is 1. The van der Waals surface area contributed by atoms with E-state index in [0.29, 0.717) is 11.3 Å². The summed E-state index contributed by atoms with van der Waals surface area (Å²) in [5, 5.41) is 0. The van der Waals surface area contributed by atoms with Gasteiger partial charge in [-0.1, -0.05) is 53.9 Å². The number of rotatable bonds is 9. The summed E-state index contributed by atoms with van der Waals surface area (Å²) >= 11 is 0. The van der Waals surface area contributed by atoms with Gasteiger partial charge in [0.25, 0.3) is 0 Å². The number of hydrogen-bond acceptors (Lipinski definition) is 5. The molecule has 0 N–H and O–H groups in total. The Labute approximate surface area is 188 Å². The zero-order valence-electron chi connectivity index (χ0n) is 18.0. The summed E-state index contributed by atoms with van der Waals surface area (Å²) in [5.74, 6) is 2.52. The molecule has 0 radical (unpaired) electrons. The molecule has 1 atom stereocenters. The second-order valence-corrected chi connectivity index (χ2v) is 9.35. The van der Waals surface area contributed by atoms with Gasteiger partial charge in [0.15, 0.2) is 5.60 Å². The third kappa shape index (κ3) is 5.28. The van der Waals surface area contributed by atoms with Crippen LogP contribution in [0.25, 0.3) is 0 Å². The molecule has 0 saturated carbocycles. The van der Waals surface area contributed by atoms with Gasteiger partial charge in [0.1, 0.15) is 5.76 Å². The Morgan fingerprint density at radius 3 is 2.34 bits per heavy atom. The molecule has 0 saturated heterocycles. The van der Waals surface area contributed by atoms with Crippen LogP contribution in [0.5, 0.6) is 0 Å². The van der Waals surface area contributed by atoms with E-state index in [1.165, 1.54) is 17.5 Å². The predicted octanol–water partition coefficient (Wildman–Crippen LogP) is 4.26. The molecule has 1 heterocycles. The number of carbonyl (C=O) groups excluding carboxylic acids is 1. The first kappa shape index (κ1) is 23.3. The molecule has 3 aromatic rings. The zero-order valence-corrected chi connectivity index (χ0v) is 18.8. The van der Waals surface area contributed by atoms with Crippen LogP contribution in [0.4, 0.5) is 0 Å². The van der Waals surface area contributed by atoms with Crippen molar-refractivity contribution in [3.8, 4) is 12.3 Å². The maximum atomic E-state index is 13.5. The lowest BCUT2D eigenvalue weighted by molar-refractivity contribution is -0.153. The highest BCUT2D eigenvalue weighted by Crippen LogP contribution is 2.31. The highest BCUT2D eigenvalue weighted by Gasteiger charge is 2.36. The first-order valence-electron chi connectivity index (χ1n) is 10.1. The summed E-state index contributed by atoms with van der Waals surface area (Å²) in [6.45, 7) is 3.18. The maximum Gasteiger partial charge on any atom is 0.304 e. The first-order chi connectivity index (χ1) is 15.3. The number of aryl methyl sites for hydroxylation is 1. The van der Waals surface area contributed by atoms with Gasteiger partial charge in [-0.2, -0.15) is 4.31 Å². The third-order valence-electron chi connectivity index (χ3n) is 5.08. The van der Waals surface area contributed by atoms with E-state index in [1.54, 1.807) is 60.7 Å². The number of esters is 1. The van der Waals surface area contributed by atoms with Gasteiger partial charge >= 0.3 is 5.97 Å². The molecule has 1 unspecified atom stereocenters. The van der Waals surface area contributed by atoms with Gasteiger partial charge in [0, 0.05) is 25.5 Å². The summed E-state index contributed by atoms with van der Waals surface area (Å²) in [5.41, 5.74) is 0.146. The lowest BCUT2D eigenvalue weighted by Crippen LogP contribution is -2.38. The maximum absolute atomic E-state index is 13.5. The van der Waals surface area contributed by atoms with Crippen molar-refractivity contribution < 1.29 is 22.4 Å². The number of hydrogen-bond donors (Lipinski definition) is 0. The molecular formula is C25H25NO5S. The lowest BCUT2D eigenvalue weighted by Gasteiger charge is -2.31. The van der Waals surface area contributed by atoms with Crippen molar-refractivity contribution in [1.82, 2.24) is 4.31 Å². The summed E-state index contributed by atoms with van der Waals surface area (Å²) < 4.78 is 39.2. The minimum atomic E-state index is -3.87. The standard InChI is InChI=1S/C25H25NO5S/c1-4-25(31-21(3)27,22-9-6-5-7-10-22)16-17-26(19-23-11-8-18-30-23)32(28,29)24-14-12-20(2)13-15-24/h1,5-15,18H,16-17,19H2,2-3H3. The number of benzene rings is 2. The SMILES string of the molecule is C#CC(CCN(Cc1ccco1)S(=O)(=O)c1ccc(C)cc1)(OC(C)=O)c1ccccc1. The van der Waals surface area contributed by atoms with Gasteiger partial charge in [-0.3, -0.25) is 4.79 Å². The van der Waals surface area contributed by atoms with Gasteiger partial charge in [-0.05, 0) is 31.2 Å². The smallest absolute Gasteiger partial charge is 0.304 e. The van der Waals surface area contributed by atoms with E-state index < -0.39 is 21.6 Å². The molecule has 166 valence electrons. The van der Waals surface area contributed by atoms with Gasteiger partial charge in [-0.25, -0.2) is 8.42 Å². The highest BCUT2D eigenvalue weighted by atomic mass is 32.2. The van der Waals surface area contributed by atoms with Crippen LogP contribution in [0.15, 0.2) is 82.3 Å². The van der Waals surface area contributed by atoms with Crippen molar-refractivity contribution in [2.24, 2.45) is 0 Å². The van der Waals surface area contributed by atoms with Crippen LogP contribution in [0.3, 0.4) is 0 Å². The van der Waals surface area contributed by atoms with Crippen LogP contribution in [-0.2, 0) is 31.7 Å². The average Bonchev–Trinajstić information content (AvgIpc) is 3.29. The van der Waals surface area contributed by atoms with Gasteiger partial charge in [-0.15, -0.1) is 6.42 Å². The average molecular weight is 452 g/mol. The molecule has 6 nitrogen and oxygen atoms in total. The second kappa shape index (κ2) is 9.86. The molecule has 0 fully saturated rings. The fourth-order valence-electron chi connectivity index (χ4n) is 3.39. The van der Waals surface area contributed by atoms with Crippen molar-refractivity contribution in [2.45, 2.75) is 37.3 Å². The van der Waals surface area contributed by atoms with Gasteiger partial charge in [0.05, 0.1) is 17.7 Å². The number of furan rings is 1. The molecular weight excluding hydrogens is 426 g/mol. The molecule has 0 amide bonds. The fourth-order valence-corrected chi connectivity index (χ4v) is 4.80. The Balaban J connectivity index is 1.97. The first-order valence-corrected chi connectivity index (χ1v) is 11.5. The topological polar surface area (TPSA) is 76.8 Å². The molecule has 0 aliphatic carbocycles. The van der Waals surface area contributed by atoms with Crippen LogP contribution >= 0.6 is 0 Å². The van der Waals surface area contributed by atoms with Crippen molar-refractivity contribution in [2.75, 3.05) is 6.54 Å². The van der Waals surface area contributed by atoms with Crippen molar-refractivity contribution in [1.29, 1.82) is 0 Å². The molecule has 0 aliphatic heterocycles. The Bertz CT molecular complexity index is 1180. The molecule has 0 bridgehead atoms. The normalized spacial score (nSPS) is 13.3. The number of ether oxygens (including phenoxy) is 1. The van der Waals surface area contributed by atoms with E-state index in [-0.39, 0.29) is 24.4 Å². The molecule has 1 aromatic heterocycles. The molecule has 7 heteroatoms. The summed E-state index contributed by atoms with van der Waals surface area (Å²) in [6, 6.07) is 18.9. The van der Waals surface area contributed by atoms with E-state index in [1.807, 2.05) is 13.0 Å². The Hall–Kier alpha value is -3.34. The molecule has 3 rings (SSSR count). The molecule has 2 aromatic carbocycles. The Morgan fingerprint density at radius 1 is 1.09 bits per heavy atom. The van der Waals surface area contributed by atoms with E-state index in [9.17, 15) is 13.2 Å². The van der Waals surface area contributed by atoms with Gasteiger partial charge < -0.3 is 9.15 Å². The van der Waals surface area contributed by atoms with Crippen LogP contribution in [0.2, 0.25) is 0 Å². The second-order valence-electron chi connectivity index (χ2n) is 7.41. The van der Waals surface area contributed by atoms with Crippen LogP contribution in [0.1, 0.15) is 30.2 Å². The minimum absolute atomic E-state index is 0.00326. The zero-order chi connectivity index (χ0) is 23.2. The van der Waals surface area contributed by atoms with E-state index in [4.69, 9.17) is 15.6 Å². The largest absolute Gasteiger partial charge is 0.468 e. The van der Waals surface area contributed by atoms with E-state index >= 15 is 0 Å². The monoisotopic (exact) mass is 451 g/mol.